The van der Waals surface area contributed by atoms with Gasteiger partial charge in [0.2, 0.25) is 0 Å². The van der Waals surface area contributed by atoms with Crippen LogP contribution in [-0.4, -0.2) is 26.3 Å². The van der Waals surface area contributed by atoms with Gasteiger partial charge in [0.15, 0.2) is 5.82 Å². The maximum Gasteiger partial charge on any atom is 0.252 e. The SMILES string of the molecule is CCNCc1cccnc1-n1cnc(C#N)n1. The van der Waals surface area contributed by atoms with E-state index in [2.05, 4.69) is 20.4 Å². The van der Waals surface area contributed by atoms with E-state index in [9.17, 15) is 0 Å². The molecule has 0 aliphatic rings. The first-order valence-corrected chi connectivity index (χ1v) is 5.32. The van der Waals surface area contributed by atoms with Gasteiger partial charge < -0.3 is 5.32 Å². The van der Waals surface area contributed by atoms with Crippen molar-refractivity contribution in [2.75, 3.05) is 6.54 Å². The van der Waals surface area contributed by atoms with Crippen molar-refractivity contribution in [1.29, 1.82) is 5.26 Å². The van der Waals surface area contributed by atoms with Crippen LogP contribution in [0.1, 0.15) is 18.3 Å². The average molecular weight is 228 g/mol. The standard InChI is InChI=1S/C11H12N6/c1-2-13-7-9-4-3-5-14-11(9)17-8-15-10(6-12)16-17/h3-5,8,13H,2,7H2,1H3. The Hall–Kier alpha value is -2.26. The molecule has 0 bridgehead atoms. The second kappa shape index (κ2) is 5.18. The molecule has 0 aromatic carbocycles. The van der Waals surface area contributed by atoms with Gasteiger partial charge in [-0.3, -0.25) is 0 Å². The predicted molar refractivity (Wildman–Crippen MR) is 61.2 cm³/mol. The number of hydrogen-bond acceptors (Lipinski definition) is 5. The summed E-state index contributed by atoms with van der Waals surface area (Å²) in [7, 11) is 0. The Morgan fingerprint density at radius 2 is 2.35 bits per heavy atom. The van der Waals surface area contributed by atoms with Gasteiger partial charge in [-0.15, -0.1) is 5.10 Å². The second-order valence-corrected chi connectivity index (χ2v) is 3.39. The lowest BCUT2D eigenvalue weighted by atomic mass is 10.2. The minimum absolute atomic E-state index is 0.144. The van der Waals surface area contributed by atoms with Crippen LogP contribution in [0.3, 0.4) is 0 Å². The molecule has 1 N–H and O–H groups in total. The molecule has 2 rings (SSSR count). The molecule has 0 radical (unpaired) electrons. The Morgan fingerprint density at radius 1 is 1.47 bits per heavy atom. The van der Waals surface area contributed by atoms with Crippen molar-refractivity contribution in [1.82, 2.24) is 25.1 Å². The molecule has 2 aromatic heterocycles. The van der Waals surface area contributed by atoms with Gasteiger partial charge in [-0.2, -0.15) is 5.26 Å². The largest absolute Gasteiger partial charge is 0.313 e. The number of pyridine rings is 1. The van der Waals surface area contributed by atoms with Crippen LogP contribution in [0.15, 0.2) is 24.7 Å². The fourth-order valence-electron chi connectivity index (χ4n) is 1.45. The minimum Gasteiger partial charge on any atom is -0.313 e. The quantitative estimate of drug-likeness (QED) is 0.830. The third-order valence-corrected chi connectivity index (χ3v) is 2.24. The van der Waals surface area contributed by atoms with Gasteiger partial charge in [-0.1, -0.05) is 13.0 Å². The Kier molecular flexibility index (Phi) is 3.43. The van der Waals surface area contributed by atoms with E-state index in [1.165, 1.54) is 11.0 Å². The Balaban J connectivity index is 2.34. The van der Waals surface area contributed by atoms with Gasteiger partial charge in [0.25, 0.3) is 5.82 Å². The van der Waals surface area contributed by atoms with Gasteiger partial charge in [0.1, 0.15) is 12.4 Å². The first-order chi connectivity index (χ1) is 8.35. The third-order valence-electron chi connectivity index (χ3n) is 2.24. The van der Waals surface area contributed by atoms with Crippen molar-refractivity contribution in [3.05, 3.63) is 36.0 Å². The third kappa shape index (κ3) is 2.46. The summed E-state index contributed by atoms with van der Waals surface area (Å²) in [4.78, 5) is 8.12. The average Bonchev–Trinajstić information content (AvgIpc) is 2.85. The maximum atomic E-state index is 8.69. The first-order valence-electron chi connectivity index (χ1n) is 5.32. The molecular formula is C11H12N6. The lowest BCUT2D eigenvalue weighted by Gasteiger charge is -2.07. The molecule has 0 spiro atoms. The van der Waals surface area contributed by atoms with Gasteiger partial charge in [-0.05, 0) is 12.6 Å². The van der Waals surface area contributed by atoms with Crippen molar-refractivity contribution >= 4 is 0 Å². The molecule has 0 amide bonds. The predicted octanol–water partition coefficient (Wildman–Crippen LogP) is 0.643. The summed E-state index contributed by atoms with van der Waals surface area (Å²) in [6.07, 6.45) is 3.19. The number of hydrogen-bond donors (Lipinski definition) is 1. The molecule has 0 aliphatic heterocycles. The summed E-state index contributed by atoms with van der Waals surface area (Å²) in [5, 5.41) is 15.9. The Labute approximate surface area is 98.9 Å². The van der Waals surface area contributed by atoms with Crippen LogP contribution in [-0.2, 0) is 6.54 Å². The zero-order valence-corrected chi connectivity index (χ0v) is 9.46. The monoisotopic (exact) mass is 228 g/mol. The highest BCUT2D eigenvalue weighted by molar-refractivity contribution is 5.32. The normalized spacial score (nSPS) is 10.1. The van der Waals surface area contributed by atoms with Crippen molar-refractivity contribution < 1.29 is 0 Å². The van der Waals surface area contributed by atoms with Crippen molar-refractivity contribution in [3.8, 4) is 11.9 Å². The summed E-state index contributed by atoms with van der Waals surface area (Å²) >= 11 is 0. The number of nitriles is 1. The molecule has 2 aromatic rings. The number of nitrogens with one attached hydrogen (secondary N) is 1. The van der Waals surface area contributed by atoms with Crippen LogP contribution < -0.4 is 5.32 Å². The number of aromatic nitrogens is 4. The summed E-state index contributed by atoms with van der Waals surface area (Å²) in [5.74, 6) is 0.840. The van der Waals surface area contributed by atoms with Crippen LogP contribution in [0.4, 0.5) is 0 Å². The number of rotatable bonds is 4. The van der Waals surface area contributed by atoms with Gasteiger partial charge in [-0.25, -0.2) is 14.6 Å². The van der Waals surface area contributed by atoms with Gasteiger partial charge >= 0.3 is 0 Å². The highest BCUT2D eigenvalue weighted by atomic mass is 15.4. The minimum atomic E-state index is 0.144. The molecule has 17 heavy (non-hydrogen) atoms. The molecule has 6 heteroatoms. The molecule has 6 nitrogen and oxygen atoms in total. The van der Waals surface area contributed by atoms with E-state index in [4.69, 9.17) is 5.26 Å². The smallest absolute Gasteiger partial charge is 0.252 e. The summed E-state index contributed by atoms with van der Waals surface area (Å²) in [6, 6.07) is 5.74. The molecule has 0 aliphatic carbocycles. The Morgan fingerprint density at radius 3 is 3.06 bits per heavy atom. The van der Waals surface area contributed by atoms with E-state index >= 15 is 0 Å². The van der Waals surface area contributed by atoms with Crippen LogP contribution in [0.25, 0.3) is 5.82 Å². The lowest BCUT2D eigenvalue weighted by molar-refractivity contribution is 0.709. The topological polar surface area (TPSA) is 79.4 Å². The van der Waals surface area contributed by atoms with E-state index in [0.717, 1.165) is 12.1 Å². The molecule has 0 saturated carbocycles. The molecular weight excluding hydrogens is 216 g/mol. The molecule has 0 saturated heterocycles. The molecule has 2 heterocycles. The maximum absolute atomic E-state index is 8.69. The molecule has 0 unspecified atom stereocenters. The van der Waals surface area contributed by atoms with E-state index in [0.29, 0.717) is 12.4 Å². The first kappa shape index (κ1) is 11.2. The Bertz CT molecular complexity index is 539. The zero-order valence-electron chi connectivity index (χ0n) is 9.46. The van der Waals surface area contributed by atoms with E-state index < -0.39 is 0 Å². The van der Waals surface area contributed by atoms with Crippen LogP contribution in [0.5, 0.6) is 0 Å². The summed E-state index contributed by atoms with van der Waals surface area (Å²) < 4.78 is 1.52. The van der Waals surface area contributed by atoms with Crippen LogP contribution in [0.2, 0.25) is 0 Å². The highest BCUT2D eigenvalue weighted by Crippen LogP contribution is 2.09. The van der Waals surface area contributed by atoms with Crippen molar-refractivity contribution in [2.45, 2.75) is 13.5 Å². The highest BCUT2D eigenvalue weighted by Gasteiger charge is 2.07. The van der Waals surface area contributed by atoms with E-state index in [1.54, 1.807) is 6.20 Å². The second-order valence-electron chi connectivity index (χ2n) is 3.39. The molecule has 0 fully saturated rings. The van der Waals surface area contributed by atoms with Crippen LogP contribution >= 0.6 is 0 Å². The van der Waals surface area contributed by atoms with Crippen LogP contribution in [0, 0.1) is 11.3 Å². The molecule has 86 valence electrons. The van der Waals surface area contributed by atoms with Crippen molar-refractivity contribution in [2.24, 2.45) is 0 Å². The lowest BCUT2D eigenvalue weighted by Crippen LogP contribution is -2.14. The molecule has 0 atom stereocenters. The fourth-order valence-corrected chi connectivity index (χ4v) is 1.45. The number of nitrogens with zero attached hydrogens (tertiary/aromatic N) is 5. The summed E-state index contributed by atoms with van der Waals surface area (Å²) in [6.45, 7) is 3.63. The van der Waals surface area contributed by atoms with Crippen molar-refractivity contribution in [3.63, 3.8) is 0 Å². The van der Waals surface area contributed by atoms with Gasteiger partial charge in [0.05, 0.1) is 0 Å². The fraction of sp³-hybridized carbons (Fsp3) is 0.273. The summed E-state index contributed by atoms with van der Waals surface area (Å²) in [5.41, 5.74) is 1.02. The van der Waals surface area contributed by atoms with Gasteiger partial charge in [0, 0.05) is 18.3 Å². The van der Waals surface area contributed by atoms with E-state index in [1.807, 2.05) is 25.1 Å². The van der Waals surface area contributed by atoms with E-state index in [-0.39, 0.29) is 5.82 Å². The zero-order chi connectivity index (χ0) is 12.1.